The van der Waals surface area contributed by atoms with Gasteiger partial charge >= 0.3 is 0 Å². The highest BCUT2D eigenvalue weighted by atomic mass is 16.1. The number of carbonyl (C=O) groups is 1. The summed E-state index contributed by atoms with van der Waals surface area (Å²) in [6.45, 7) is 3.90. The van der Waals surface area contributed by atoms with Crippen LogP contribution in [0.25, 0.3) is 11.0 Å². The molecule has 1 aliphatic carbocycles. The number of rotatable bonds is 5. The molecule has 1 aliphatic heterocycles. The molecule has 0 radical (unpaired) electrons. The highest BCUT2D eigenvalue weighted by Crippen LogP contribution is 2.23. The van der Waals surface area contributed by atoms with Gasteiger partial charge in [0.15, 0.2) is 0 Å². The number of carbonyl (C=O) groups excluding carboxylic acids is 1. The minimum atomic E-state index is 0.0410. The first-order valence-electron chi connectivity index (χ1n) is 11.3. The molecule has 2 aromatic carbocycles. The number of nitrogens with one attached hydrogen (secondary N) is 1. The van der Waals surface area contributed by atoms with Gasteiger partial charge in [-0.15, -0.1) is 0 Å². The molecular weight excluding hydrogens is 372 g/mol. The number of aromatic nitrogens is 2. The van der Waals surface area contributed by atoms with E-state index >= 15 is 0 Å². The summed E-state index contributed by atoms with van der Waals surface area (Å²) in [5.74, 6) is 1.15. The highest BCUT2D eigenvalue weighted by molar-refractivity contribution is 5.97. The summed E-state index contributed by atoms with van der Waals surface area (Å²) < 4.78 is 2.32. The van der Waals surface area contributed by atoms with Gasteiger partial charge in [-0.2, -0.15) is 0 Å². The van der Waals surface area contributed by atoms with Crippen molar-refractivity contribution in [3.05, 3.63) is 65.5 Å². The Morgan fingerprint density at radius 2 is 1.87 bits per heavy atom. The Bertz CT molecular complexity index is 1020. The lowest BCUT2D eigenvalue weighted by atomic mass is 9.95. The van der Waals surface area contributed by atoms with E-state index in [1.54, 1.807) is 0 Å². The lowest BCUT2D eigenvalue weighted by Crippen LogP contribution is -2.36. The molecular formula is C25H30N4O. The third kappa shape index (κ3) is 4.12. The number of amides is 1. The number of hydrogen-bond donors (Lipinski definition) is 1. The number of fused-ring (bicyclic) bond motifs is 3. The topological polar surface area (TPSA) is 50.2 Å². The maximum Gasteiger partial charge on any atom is 0.251 e. The zero-order valence-electron chi connectivity index (χ0n) is 17.5. The first kappa shape index (κ1) is 19.3. The van der Waals surface area contributed by atoms with Crippen LogP contribution in [0.4, 0.5) is 0 Å². The van der Waals surface area contributed by atoms with Crippen LogP contribution in [0.2, 0.25) is 0 Å². The fourth-order valence-corrected chi connectivity index (χ4v) is 4.85. The van der Waals surface area contributed by atoms with Gasteiger partial charge in [-0.3, -0.25) is 9.69 Å². The third-order valence-corrected chi connectivity index (χ3v) is 6.59. The smallest absolute Gasteiger partial charge is 0.251 e. The van der Waals surface area contributed by atoms with Crippen molar-refractivity contribution in [2.24, 2.45) is 0 Å². The van der Waals surface area contributed by atoms with Gasteiger partial charge in [0.05, 0.1) is 17.6 Å². The first-order valence-corrected chi connectivity index (χ1v) is 11.3. The second-order valence-corrected chi connectivity index (χ2v) is 8.70. The summed E-state index contributed by atoms with van der Waals surface area (Å²) in [6, 6.07) is 17.0. The second kappa shape index (κ2) is 8.60. The molecule has 5 rings (SSSR count). The van der Waals surface area contributed by atoms with Crippen molar-refractivity contribution in [1.82, 2.24) is 19.8 Å². The normalized spacial score (nSPS) is 17.7. The predicted octanol–water partition coefficient (Wildman–Crippen LogP) is 4.16. The fraction of sp³-hybridized carbons (Fsp3) is 0.440. The van der Waals surface area contributed by atoms with Crippen molar-refractivity contribution < 1.29 is 4.79 Å². The molecule has 1 aromatic heterocycles. The Hall–Kier alpha value is -2.66. The average Bonchev–Trinajstić information content (AvgIpc) is 3.16. The summed E-state index contributed by atoms with van der Waals surface area (Å²) in [4.78, 5) is 20.1. The maximum absolute atomic E-state index is 12.7. The van der Waals surface area contributed by atoms with E-state index in [9.17, 15) is 4.79 Å². The predicted molar refractivity (Wildman–Crippen MR) is 119 cm³/mol. The molecule has 1 fully saturated rings. The van der Waals surface area contributed by atoms with Crippen molar-refractivity contribution >= 4 is 16.9 Å². The van der Waals surface area contributed by atoms with Gasteiger partial charge in [-0.1, -0.05) is 49.6 Å². The minimum absolute atomic E-state index is 0.0410. The molecule has 1 N–H and O–H groups in total. The number of benzene rings is 2. The van der Waals surface area contributed by atoms with E-state index in [1.807, 2.05) is 12.1 Å². The second-order valence-electron chi connectivity index (χ2n) is 8.70. The molecule has 156 valence electrons. The lowest BCUT2D eigenvalue weighted by molar-refractivity contribution is 0.0928. The fourth-order valence-electron chi connectivity index (χ4n) is 4.85. The lowest BCUT2D eigenvalue weighted by Gasteiger charge is -2.27. The molecule has 30 heavy (non-hydrogen) atoms. The van der Waals surface area contributed by atoms with Gasteiger partial charge in [0.25, 0.3) is 5.91 Å². The van der Waals surface area contributed by atoms with Crippen LogP contribution >= 0.6 is 0 Å². The van der Waals surface area contributed by atoms with Crippen LogP contribution in [-0.4, -0.2) is 39.5 Å². The van der Waals surface area contributed by atoms with Gasteiger partial charge in [0.1, 0.15) is 5.82 Å². The Labute approximate surface area is 178 Å². The molecule has 5 nitrogen and oxygen atoms in total. The van der Waals surface area contributed by atoms with Crippen molar-refractivity contribution in [1.29, 1.82) is 0 Å². The molecule has 0 unspecified atom stereocenters. The summed E-state index contributed by atoms with van der Waals surface area (Å²) in [7, 11) is 0. The first-order chi connectivity index (χ1) is 14.8. The summed E-state index contributed by atoms with van der Waals surface area (Å²) >= 11 is 0. The van der Waals surface area contributed by atoms with Gasteiger partial charge in [0, 0.05) is 31.2 Å². The monoisotopic (exact) mass is 402 g/mol. The molecule has 2 heterocycles. The van der Waals surface area contributed by atoms with E-state index in [0.717, 1.165) is 67.9 Å². The minimum Gasteiger partial charge on any atom is -0.349 e. The summed E-state index contributed by atoms with van der Waals surface area (Å²) in [5, 5.41) is 3.22. The van der Waals surface area contributed by atoms with Crippen LogP contribution in [0.1, 0.15) is 53.8 Å². The molecule has 3 aromatic rings. The maximum atomic E-state index is 12.7. The molecule has 1 saturated carbocycles. The molecule has 5 heteroatoms. The Morgan fingerprint density at radius 3 is 2.70 bits per heavy atom. The van der Waals surface area contributed by atoms with Crippen molar-refractivity contribution in [3.8, 4) is 0 Å². The van der Waals surface area contributed by atoms with Crippen LogP contribution < -0.4 is 5.32 Å². The zero-order chi connectivity index (χ0) is 20.3. The quantitative estimate of drug-likeness (QED) is 0.697. The Morgan fingerprint density at radius 1 is 1.03 bits per heavy atom. The van der Waals surface area contributed by atoms with Gasteiger partial charge in [0.2, 0.25) is 0 Å². The van der Waals surface area contributed by atoms with Crippen molar-refractivity contribution in [3.63, 3.8) is 0 Å². The van der Waals surface area contributed by atoms with E-state index in [1.165, 1.54) is 24.8 Å². The number of imidazole rings is 1. The number of nitrogens with zero attached hydrogens (tertiary/aromatic N) is 3. The van der Waals surface area contributed by atoms with Gasteiger partial charge < -0.3 is 9.88 Å². The van der Waals surface area contributed by atoms with Crippen LogP contribution in [0, 0.1) is 0 Å². The molecule has 0 bridgehead atoms. The van der Waals surface area contributed by atoms with Crippen LogP contribution in [-0.2, 0) is 19.5 Å². The van der Waals surface area contributed by atoms with Gasteiger partial charge in [-0.25, -0.2) is 4.98 Å². The van der Waals surface area contributed by atoms with E-state index in [2.05, 4.69) is 51.2 Å². The average molecular weight is 403 g/mol. The highest BCUT2D eigenvalue weighted by Gasteiger charge is 2.21. The van der Waals surface area contributed by atoms with Crippen LogP contribution in [0.5, 0.6) is 0 Å². The zero-order valence-corrected chi connectivity index (χ0v) is 17.5. The third-order valence-electron chi connectivity index (χ3n) is 6.59. The Balaban J connectivity index is 1.27. The molecule has 0 atom stereocenters. The van der Waals surface area contributed by atoms with E-state index in [-0.39, 0.29) is 5.91 Å². The van der Waals surface area contributed by atoms with Crippen LogP contribution in [0.3, 0.4) is 0 Å². The van der Waals surface area contributed by atoms with Gasteiger partial charge in [-0.05, 0) is 43.0 Å². The number of hydrogen-bond acceptors (Lipinski definition) is 3. The SMILES string of the molecule is O=C(NC1CCCCC1)c1ccc2c(c1)nc1n2CCN(CCc2ccccc2)C1. The molecule has 0 spiro atoms. The molecule has 1 amide bonds. The van der Waals surface area contributed by atoms with E-state index in [4.69, 9.17) is 4.98 Å². The largest absolute Gasteiger partial charge is 0.349 e. The van der Waals surface area contributed by atoms with Crippen LogP contribution in [0.15, 0.2) is 48.5 Å². The van der Waals surface area contributed by atoms with Crippen molar-refractivity contribution in [2.75, 3.05) is 13.1 Å². The summed E-state index contributed by atoms with van der Waals surface area (Å²) in [5.41, 5.74) is 4.18. The van der Waals surface area contributed by atoms with Crippen molar-refractivity contribution in [2.45, 2.75) is 57.7 Å². The Kier molecular flexibility index (Phi) is 5.54. The van der Waals surface area contributed by atoms with E-state index < -0.39 is 0 Å². The molecule has 0 saturated heterocycles. The van der Waals surface area contributed by atoms with E-state index in [0.29, 0.717) is 6.04 Å². The summed E-state index contributed by atoms with van der Waals surface area (Å²) in [6.07, 6.45) is 7.00. The standard InChI is InChI=1S/C25H30N4O/c30-25(26-21-9-5-2-6-10-21)20-11-12-23-22(17-20)27-24-18-28(15-16-29(23)24)14-13-19-7-3-1-4-8-19/h1,3-4,7-8,11-12,17,21H,2,5-6,9-10,13-16,18H2,(H,26,30). The molecule has 2 aliphatic rings.